The molecule has 0 radical (unpaired) electrons. The molecule has 0 aliphatic rings. The molecule has 0 saturated heterocycles. The van der Waals surface area contributed by atoms with E-state index < -0.39 is 0 Å². The zero-order valence-corrected chi connectivity index (χ0v) is 12.7. The van der Waals surface area contributed by atoms with Crippen LogP contribution in [0.5, 0.6) is 11.5 Å². The number of aromatic nitrogens is 3. The highest BCUT2D eigenvalue weighted by molar-refractivity contribution is 7.09. The number of thiazole rings is 1. The lowest BCUT2D eigenvalue weighted by atomic mass is 10.2. The second-order valence-electron chi connectivity index (χ2n) is 4.54. The predicted molar refractivity (Wildman–Crippen MR) is 82.1 cm³/mol. The molecule has 0 aliphatic carbocycles. The van der Waals surface area contributed by atoms with Crippen LogP contribution in [0.25, 0.3) is 10.9 Å². The van der Waals surface area contributed by atoms with Crippen molar-refractivity contribution >= 4 is 22.2 Å². The number of nitrogens with zero attached hydrogens (tertiary/aromatic N) is 3. The van der Waals surface area contributed by atoms with Gasteiger partial charge in [0.25, 0.3) is 0 Å². The number of fused-ring (bicyclic) bond motifs is 1. The SMILES string of the molecule is COc1cc2cncnc2cc1OCCc1scnc1C. The Bertz CT molecular complexity index is 758. The monoisotopic (exact) mass is 301 g/mol. The Labute approximate surface area is 126 Å². The maximum absolute atomic E-state index is 5.86. The Morgan fingerprint density at radius 1 is 1.19 bits per heavy atom. The molecule has 0 fully saturated rings. The van der Waals surface area contributed by atoms with Gasteiger partial charge in [0, 0.05) is 28.9 Å². The molecule has 5 nitrogen and oxygen atoms in total. The fourth-order valence-corrected chi connectivity index (χ4v) is 2.84. The topological polar surface area (TPSA) is 57.1 Å². The average Bonchev–Trinajstić information content (AvgIpc) is 2.92. The van der Waals surface area contributed by atoms with Crippen LogP contribution in [0.2, 0.25) is 0 Å². The van der Waals surface area contributed by atoms with Gasteiger partial charge in [0.15, 0.2) is 11.5 Å². The van der Waals surface area contributed by atoms with Crippen LogP contribution in [0.3, 0.4) is 0 Å². The highest BCUT2D eigenvalue weighted by atomic mass is 32.1. The molecule has 0 saturated carbocycles. The maximum atomic E-state index is 5.86. The van der Waals surface area contributed by atoms with Crippen LogP contribution in [-0.2, 0) is 6.42 Å². The van der Waals surface area contributed by atoms with Crippen LogP contribution in [0.15, 0.2) is 30.2 Å². The van der Waals surface area contributed by atoms with Crippen molar-refractivity contribution in [3.8, 4) is 11.5 Å². The smallest absolute Gasteiger partial charge is 0.163 e. The van der Waals surface area contributed by atoms with Crippen LogP contribution < -0.4 is 9.47 Å². The summed E-state index contributed by atoms with van der Waals surface area (Å²) in [5.41, 5.74) is 3.77. The first-order chi connectivity index (χ1) is 10.3. The average molecular weight is 301 g/mol. The van der Waals surface area contributed by atoms with Gasteiger partial charge < -0.3 is 9.47 Å². The van der Waals surface area contributed by atoms with Gasteiger partial charge in [0.2, 0.25) is 0 Å². The number of hydrogen-bond acceptors (Lipinski definition) is 6. The summed E-state index contributed by atoms with van der Waals surface area (Å²) in [7, 11) is 1.63. The molecule has 0 spiro atoms. The summed E-state index contributed by atoms with van der Waals surface area (Å²) >= 11 is 1.65. The van der Waals surface area contributed by atoms with Crippen molar-refractivity contribution in [3.05, 3.63) is 40.7 Å². The fourth-order valence-electron chi connectivity index (χ4n) is 2.08. The lowest BCUT2D eigenvalue weighted by Crippen LogP contribution is -2.03. The standard InChI is InChI=1S/C15H15N3O2S/c1-10-15(21-9-18-10)3-4-20-14-6-12-11(5-13(14)19-2)7-16-8-17-12/h5-9H,3-4H2,1-2H3. The molecular formula is C15H15N3O2S. The molecule has 0 unspecified atom stereocenters. The number of ether oxygens (including phenoxy) is 2. The van der Waals surface area contributed by atoms with Gasteiger partial charge in [0.1, 0.15) is 6.33 Å². The minimum Gasteiger partial charge on any atom is -0.493 e. The van der Waals surface area contributed by atoms with Gasteiger partial charge in [-0.05, 0) is 13.0 Å². The van der Waals surface area contributed by atoms with E-state index in [0.29, 0.717) is 18.1 Å². The third-order valence-electron chi connectivity index (χ3n) is 3.22. The highest BCUT2D eigenvalue weighted by Crippen LogP contribution is 2.31. The summed E-state index contributed by atoms with van der Waals surface area (Å²) in [5, 5.41) is 0.931. The van der Waals surface area contributed by atoms with Crippen molar-refractivity contribution < 1.29 is 9.47 Å². The minimum absolute atomic E-state index is 0.579. The Hall–Kier alpha value is -2.21. The summed E-state index contributed by atoms with van der Waals surface area (Å²) in [6, 6.07) is 3.78. The molecule has 0 aliphatic heterocycles. The third kappa shape index (κ3) is 2.95. The molecule has 0 atom stereocenters. The molecule has 3 rings (SSSR count). The van der Waals surface area contributed by atoms with Crippen molar-refractivity contribution in [1.29, 1.82) is 0 Å². The first-order valence-electron chi connectivity index (χ1n) is 6.57. The zero-order valence-electron chi connectivity index (χ0n) is 11.9. The zero-order chi connectivity index (χ0) is 14.7. The van der Waals surface area contributed by atoms with Crippen molar-refractivity contribution in [1.82, 2.24) is 15.0 Å². The molecular weight excluding hydrogens is 286 g/mol. The number of rotatable bonds is 5. The lowest BCUT2D eigenvalue weighted by molar-refractivity contribution is 0.299. The van der Waals surface area contributed by atoms with Crippen LogP contribution in [0.1, 0.15) is 10.6 Å². The van der Waals surface area contributed by atoms with E-state index in [9.17, 15) is 0 Å². The largest absolute Gasteiger partial charge is 0.493 e. The van der Waals surface area contributed by atoms with Crippen LogP contribution >= 0.6 is 11.3 Å². The minimum atomic E-state index is 0.579. The highest BCUT2D eigenvalue weighted by Gasteiger charge is 2.09. The Balaban J connectivity index is 1.78. The summed E-state index contributed by atoms with van der Waals surface area (Å²) < 4.78 is 11.2. The predicted octanol–water partition coefficient (Wildman–Crippen LogP) is 3.02. The van der Waals surface area contributed by atoms with Gasteiger partial charge in [-0.25, -0.2) is 15.0 Å². The molecule has 108 valence electrons. The van der Waals surface area contributed by atoms with E-state index >= 15 is 0 Å². The van der Waals surface area contributed by atoms with E-state index in [0.717, 1.165) is 23.0 Å². The second-order valence-corrected chi connectivity index (χ2v) is 5.48. The number of hydrogen-bond donors (Lipinski definition) is 0. The molecule has 0 amide bonds. The Morgan fingerprint density at radius 2 is 2.10 bits per heavy atom. The molecule has 0 bridgehead atoms. The third-order valence-corrected chi connectivity index (χ3v) is 4.22. The van der Waals surface area contributed by atoms with Crippen LogP contribution in [0.4, 0.5) is 0 Å². The molecule has 0 N–H and O–H groups in total. The molecule has 2 aromatic heterocycles. The molecule has 1 aromatic carbocycles. The molecule has 3 aromatic rings. The second kappa shape index (κ2) is 6.05. The van der Waals surface area contributed by atoms with E-state index in [1.54, 1.807) is 24.6 Å². The van der Waals surface area contributed by atoms with E-state index in [1.165, 1.54) is 11.2 Å². The fraction of sp³-hybridized carbons (Fsp3) is 0.267. The number of aryl methyl sites for hydroxylation is 1. The van der Waals surface area contributed by atoms with Crippen molar-refractivity contribution in [2.45, 2.75) is 13.3 Å². The van der Waals surface area contributed by atoms with E-state index in [-0.39, 0.29) is 0 Å². The Morgan fingerprint density at radius 3 is 2.86 bits per heavy atom. The van der Waals surface area contributed by atoms with Gasteiger partial charge in [-0.3, -0.25) is 0 Å². The normalized spacial score (nSPS) is 10.8. The van der Waals surface area contributed by atoms with Crippen LogP contribution in [0, 0.1) is 6.92 Å². The summed E-state index contributed by atoms with van der Waals surface area (Å²) in [6.07, 6.45) is 4.12. The maximum Gasteiger partial charge on any atom is 0.163 e. The van der Waals surface area contributed by atoms with Crippen molar-refractivity contribution in [2.75, 3.05) is 13.7 Å². The Kier molecular flexibility index (Phi) is 3.96. The van der Waals surface area contributed by atoms with Crippen molar-refractivity contribution in [3.63, 3.8) is 0 Å². The molecule has 2 heterocycles. The van der Waals surface area contributed by atoms with Gasteiger partial charge in [-0.15, -0.1) is 11.3 Å². The number of methoxy groups -OCH3 is 1. The van der Waals surface area contributed by atoms with Gasteiger partial charge in [-0.1, -0.05) is 0 Å². The summed E-state index contributed by atoms with van der Waals surface area (Å²) in [4.78, 5) is 13.7. The lowest BCUT2D eigenvalue weighted by Gasteiger charge is -2.11. The van der Waals surface area contributed by atoms with Gasteiger partial charge in [0.05, 0.1) is 30.4 Å². The quantitative estimate of drug-likeness (QED) is 0.725. The van der Waals surface area contributed by atoms with E-state index in [4.69, 9.17) is 9.47 Å². The van der Waals surface area contributed by atoms with Gasteiger partial charge in [-0.2, -0.15) is 0 Å². The van der Waals surface area contributed by atoms with Crippen LogP contribution in [-0.4, -0.2) is 28.7 Å². The van der Waals surface area contributed by atoms with Crippen molar-refractivity contribution in [2.24, 2.45) is 0 Å². The van der Waals surface area contributed by atoms with E-state index in [1.807, 2.05) is 24.6 Å². The number of benzene rings is 1. The molecule has 6 heteroatoms. The molecule has 21 heavy (non-hydrogen) atoms. The summed E-state index contributed by atoms with van der Waals surface area (Å²) in [6.45, 7) is 2.59. The summed E-state index contributed by atoms with van der Waals surface area (Å²) in [5.74, 6) is 1.39. The first kappa shape index (κ1) is 13.8. The van der Waals surface area contributed by atoms with Gasteiger partial charge >= 0.3 is 0 Å². The first-order valence-corrected chi connectivity index (χ1v) is 7.45. The van der Waals surface area contributed by atoms with E-state index in [2.05, 4.69) is 15.0 Å².